The molecule has 44 heavy (non-hydrogen) atoms. The Morgan fingerprint density at radius 2 is 1.82 bits per heavy atom. The molecule has 1 heterocycles. The van der Waals surface area contributed by atoms with Gasteiger partial charge in [-0.1, -0.05) is 30.6 Å². The minimum absolute atomic E-state index is 0.0501. The number of rotatable bonds is 5. The second-order valence-corrected chi connectivity index (χ2v) is 13.1. The molecule has 6 rings (SSSR count). The van der Waals surface area contributed by atoms with Crippen molar-refractivity contribution in [1.29, 1.82) is 0 Å². The van der Waals surface area contributed by atoms with Crippen LogP contribution in [0.25, 0.3) is 0 Å². The average Bonchev–Trinajstić information content (AvgIpc) is 3.31. The quantitative estimate of drug-likeness (QED) is 0.297. The number of alkyl halides is 3. The lowest BCUT2D eigenvalue weighted by molar-refractivity contribution is -0.150. The summed E-state index contributed by atoms with van der Waals surface area (Å²) in [4.78, 5) is 40.2. The maximum absolute atomic E-state index is 13.9. The number of benzene rings is 1. The molecular weight excluding hydrogens is 571 g/mol. The number of anilines is 1. The molecule has 1 aliphatic heterocycles. The molecule has 5 atom stereocenters. The van der Waals surface area contributed by atoms with Crippen molar-refractivity contribution < 1.29 is 37.0 Å². The van der Waals surface area contributed by atoms with E-state index in [1.54, 1.807) is 6.08 Å². The van der Waals surface area contributed by atoms with E-state index in [2.05, 4.69) is 35.1 Å². The molecule has 2 saturated carbocycles. The summed E-state index contributed by atoms with van der Waals surface area (Å²) < 4.78 is 51.4. The van der Waals surface area contributed by atoms with Gasteiger partial charge in [0.1, 0.15) is 0 Å². The maximum Gasteiger partial charge on any atom is 0.457 e. The van der Waals surface area contributed by atoms with Crippen LogP contribution in [0.1, 0.15) is 70.3 Å². The van der Waals surface area contributed by atoms with Gasteiger partial charge in [-0.25, -0.2) is 0 Å². The number of carbonyl (C=O) groups excluding carboxylic acids is 3. The van der Waals surface area contributed by atoms with Crippen LogP contribution in [0.2, 0.25) is 0 Å². The van der Waals surface area contributed by atoms with Crippen molar-refractivity contribution in [1.82, 2.24) is 0 Å². The Kier molecular flexibility index (Phi) is 8.02. The third-order valence-corrected chi connectivity index (χ3v) is 10.9. The van der Waals surface area contributed by atoms with E-state index in [9.17, 15) is 27.6 Å². The summed E-state index contributed by atoms with van der Waals surface area (Å²) in [6.07, 6.45) is 0.785. The second kappa shape index (κ2) is 11.5. The number of hydrogen-bond acceptors (Lipinski definition) is 6. The third kappa shape index (κ3) is 5.40. The molecule has 0 radical (unpaired) electrons. The molecule has 6 nitrogen and oxygen atoms in total. The summed E-state index contributed by atoms with van der Waals surface area (Å²) in [5.74, 6) is 2.67. The summed E-state index contributed by atoms with van der Waals surface area (Å²) in [5, 5.41) is 0. The number of fused-ring (bicyclic) bond motifs is 4. The molecule has 3 fully saturated rings. The maximum atomic E-state index is 13.9. The fourth-order valence-electron chi connectivity index (χ4n) is 8.93. The highest BCUT2D eigenvalue weighted by Crippen LogP contribution is 2.69. The summed E-state index contributed by atoms with van der Waals surface area (Å²) in [7, 11) is 0. The van der Waals surface area contributed by atoms with Gasteiger partial charge in [-0.05, 0) is 90.7 Å². The van der Waals surface area contributed by atoms with Crippen LogP contribution >= 0.6 is 0 Å². The molecule has 0 amide bonds. The predicted molar refractivity (Wildman–Crippen MR) is 158 cm³/mol. The lowest BCUT2D eigenvalue weighted by atomic mass is 9.48. The van der Waals surface area contributed by atoms with Crippen LogP contribution in [0.15, 0.2) is 47.1 Å². The Hall–Kier alpha value is -3.38. The van der Waals surface area contributed by atoms with Crippen LogP contribution in [0.4, 0.5) is 18.9 Å². The summed E-state index contributed by atoms with van der Waals surface area (Å²) in [5.41, 5.74) is 3.21. The van der Waals surface area contributed by atoms with E-state index in [0.717, 1.165) is 42.8 Å². The normalized spacial score (nSPS) is 31.7. The Labute approximate surface area is 256 Å². The zero-order chi connectivity index (χ0) is 31.3. The van der Waals surface area contributed by atoms with Crippen LogP contribution in [0, 0.1) is 34.5 Å². The Bertz CT molecular complexity index is 1480. The molecular formula is C35H38F3NO5. The van der Waals surface area contributed by atoms with Crippen molar-refractivity contribution in [3.05, 3.63) is 52.6 Å². The topological polar surface area (TPSA) is 72.9 Å². The van der Waals surface area contributed by atoms with Gasteiger partial charge in [0, 0.05) is 44.0 Å². The van der Waals surface area contributed by atoms with Gasteiger partial charge in [0.2, 0.25) is 0 Å². The first-order valence-corrected chi connectivity index (χ1v) is 15.6. The van der Waals surface area contributed by atoms with E-state index in [-0.39, 0.29) is 30.0 Å². The van der Waals surface area contributed by atoms with E-state index in [1.165, 1.54) is 24.0 Å². The number of carbonyl (C=O) groups is 3. The van der Waals surface area contributed by atoms with Gasteiger partial charge in [0.15, 0.2) is 18.2 Å². The van der Waals surface area contributed by atoms with Crippen molar-refractivity contribution in [2.45, 2.75) is 70.9 Å². The van der Waals surface area contributed by atoms with Gasteiger partial charge >= 0.3 is 12.1 Å². The Morgan fingerprint density at radius 3 is 2.50 bits per heavy atom. The second-order valence-electron chi connectivity index (χ2n) is 13.1. The van der Waals surface area contributed by atoms with Gasteiger partial charge in [-0.15, -0.1) is 0 Å². The van der Waals surface area contributed by atoms with E-state index in [1.807, 2.05) is 6.92 Å². The molecule has 0 aromatic heterocycles. The van der Waals surface area contributed by atoms with Gasteiger partial charge in [0.05, 0.1) is 18.6 Å². The van der Waals surface area contributed by atoms with Crippen LogP contribution in [0.3, 0.4) is 0 Å². The third-order valence-electron chi connectivity index (χ3n) is 10.9. The molecule has 0 bridgehead atoms. The number of Topliss-reactive ketones (excluding diaryl/α,β-unsaturated/α-hetero) is 1. The van der Waals surface area contributed by atoms with Crippen molar-refractivity contribution in [3.8, 4) is 11.8 Å². The van der Waals surface area contributed by atoms with Crippen molar-refractivity contribution >= 4 is 23.2 Å². The minimum atomic E-state index is -4.77. The zero-order valence-corrected chi connectivity index (χ0v) is 25.2. The number of nitrogens with zero attached hydrogens (tertiary/aromatic N) is 1. The first kappa shape index (κ1) is 30.6. The van der Waals surface area contributed by atoms with E-state index >= 15 is 0 Å². The van der Waals surface area contributed by atoms with Gasteiger partial charge in [0.25, 0.3) is 0 Å². The number of allylic oxidation sites excluding steroid dienone is 4. The van der Waals surface area contributed by atoms with E-state index < -0.39 is 35.4 Å². The monoisotopic (exact) mass is 609 g/mol. The highest BCUT2D eigenvalue weighted by molar-refractivity contribution is 5.93. The Morgan fingerprint density at radius 1 is 1.09 bits per heavy atom. The van der Waals surface area contributed by atoms with Crippen LogP contribution in [0.5, 0.6) is 0 Å². The molecule has 0 spiro atoms. The standard InChI is InChI=1S/C35H38F3NO5/c1-22(40)44-21-31(42)34(13-14-35(36,37)38)12-11-30-28-9-5-24-19-26(41)8-10-27(24)32(28)29(20-33(30,34)2)23-3-6-25(7-4-23)39-15-17-43-18-16-39/h3-4,6-7,19,28-30H,5,8-12,15-18,20-21H2,1-2H3/t28-,29?,30-,33-,34-/m0/s1. The average molecular weight is 610 g/mol. The van der Waals surface area contributed by atoms with Gasteiger partial charge < -0.3 is 14.4 Å². The van der Waals surface area contributed by atoms with Crippen LogP contribution in [-0.4, -0.2) is 56.6 Å². The van der Waals surface area contributed by atoms with Gasteiger partial charge in [-0.2, -0.15) is 13.2 Å². The van der Waals surface area contributed by atoms with Crippen LogP contribution in [-0.2, 0) is 23.9 Å². The van der Waals surface area contributed by atoms with Crippen molar-refractivity contribution in [2.75, 3.05) is 37.8 Å². The molecule has 9 heteroatoms. The lowest BCUT2D eigenvalue weighted by Crippen LogP contribution is -2.51. The highest BCUT2D eigenvalue weighted by Gasteiger charge is 2.65. The number of esters is 1. The lowest BCUT2D eigenvalue weighted by Gasteiger charge is -2.54. The molecule has 4 aliphatic carbocycles. The molecule has 1 saturated heterocycles. The SMILES string of the molecule is CC(=O)OCC(=O)[C@@]1(C#CC(F)(F)F)CC[C@H]2[C@@H]3CCC4=CC(=O)CCC4=C3C(c3ccc(N4CCOCC4)cc3)C[C@@]21C. The minimum Gasteiger partial charge on any atom is -0.458 e. The largest absolute Gasteiger partial charge is 0.458 e. The summed E-state index contributed by atoms with van der Waals surface area (Å²) >= 11 is 0. The molecule has 1 unspecified atom stereocenters. The number of halogens is 3. The summed E-state index contributed by atoms with van der Waals surface area (Å²) in [6, 6.07) is 8.40. The number of ketones is 2. The summed E-state index contributed by atoms with van der Waals surface area (Å²) in [6.45, 7) is 5.44. The van der Waals surface area contributed by atoms with Crippen molar-refractivity contribution in [3.63, 3.8) is 0 Å². The molecule has 1 aromatic carbocycles. The Balaban J connectivity index is 1.47. The molecule has 0 N–H and O–H groups in total. The van der Waals surface area contributed by atoms with E-state index in [0.29, 0.717) is 38.9 Å². The number of ether oxygens (including phenoxy) is 2. The van der Waals surface area contributed by atoms with Crippen LogP contribution < -0.4 is 4.90 Å². The molecule has 1 aromatic rings. The molecule has 234 valence electrons. The predicted octanol–water partition coefficient (Wildman–Crippen LogP) is 6.11. The fourth-order valence-corrected chi connectivity index (χ4v) is 8.93. The highest BCUT2D eigenvalue weighted by atomic mass is 19.4. The smallest absolute Gasteiger partial charge is 0.457 e. The van der Waals surface area contributed by atoms with E-state index in [4.69, 9.17) is 9.47 Å². The number of hydrogen-bond donors (Lipinski definition) is 0. The van der Waals surface area contributed by atoms with Crippen molar-refractivity contribution in [2.24, 2.45) is 22.7 Å². The molecule has 5 aliphatic rings. The fraction of sp³-hybridized carbons (Fsp3) is 0.571. The first-order chi connectivity index (χ1) is 20.9. The first-order valence-electron chi connectivity index (χ1n) is 15.6. The zero-order valence-electron chi connectivity index (χ0n) is 25.2. The number of morpholine rings is 1. The van der Waals surface area contributed by atoms with Gasteiger partial charge in [-0.3, -0.25) is 14.4 Å².